The van der Waals surface area contributed by atoms with Gasteiger partial charge in [-0.3, -0.25) is 14.9 Å². The average Bonchev–Trinajstić information content (AvgIpc) is 2.41. The molecule has 0 aliphatic carbocycles. The van der Waals surface area contributed by atoms with E-state index in [4.69, 9.17) is 0 Å². The number of hydrogen-bond donors (Lipinski definition) is 0. The molecule has 94 valence electrons. The fourth-order valence-corrected chi connectivity index (χ4v) is 1.86. The Morgan fingerprint density at radius 3 is 2.67 bits per heavy atom. The number of hydrogen-bond acceptors (Lipinski definition) is 3. The zero-order valence-electron chi connectivity index (χ0n) is 11.2. The SMILES string of the molecule is Cc1ccc(CN(C)C(C)c2cccnc2)nc1. The summed E-state index contributed by atoms with van der Waals surface area (Å²) in [6, 6.07) is 8.61. The molecular weight excluding hydrogens is 222 g/mol. The van der Waals surface area contributed by atoms with E-state index in [9.17, 15) is 0 Å². The van der Waals surface area contributed by atoms with Gasteiger partial charge in [0.1, 0.15) is 0 Å². The molecule has 1 unspecified atom stereocenters. The highest BCUT2D eigenvalue weighted by Gasteiger charge is 2.12. The minimum atomic E-state index is 0.335. The van der Waals surface area contributed by atoms with Gasteiger partial charge in [-0.05, 0) is 44.2 Å². The fourth-order valence-electron chi connectivity index (χ4n) is 1.86. The third kappa shape index (κ3) is 3.14. The van der Waals surface area contributed by atoms with Gasteiger partial charge >= 0.3 is 0 Å². The van der Waals surface area contributed by atoms with E-state index in [1.807, 2.05) is 18.5 Å². The number of aryl methyl sites for hydroxylation is 1. The maximum absolute atomic E-state index is 4.44. The highest BCUT2D eigenvalue weighted by Crippen LogP contribution is 2.18. The van der Waals surface area contributed by atoms with Gasteiger partial charge < -0.3 is 0 Å². The van der Waals surface area contributed by atoms with Gasteiger partial charge in [-0.25, -0.2) is 0 Å². The first kappa shape index (κ1) is 12.7. The Morgan fingerprint density at radius 2 is 2.06 bits per heavy atom. The number of pyridine rings is 2. The van der Waals surface area contributed by atoms with Crippen LogP contribution in [-0.2, 0) is 6.54 Å². The van der Waals surface area contributed by atoms with Gasteiger partial charge in [0.25, 0.3) is 0 Å². The van der Waals surface area contributed by atoms with Crippen molar-refractivity contribution in [3.63, 3.8) is 0 Å². The molecule has 18 heavy (non-hydrogen) atoms. The summed E-state index contributed by atoms with van der Waals surface area (Å²) in [4.78, 5) is 10.9. The Hall–Kier alpha value is -1.74. The molecule has 0 bridgehead atoms. The largest absolute Gasteiger partial charge is 0.294 e. The third-order valence-electron chi connectivity index (χ3n) is 3.21. The van der Waals surface area contributed by atoms with Crippen molar-refractivity contribution in [3.05, 3.63) is 59.7 Å². The van der Waals surface area contributed by atoms with Gasteiger partial charge in [0.2, 0.25) is 0 Å². The van der Waals surface area contributed by atoms with E-state index in [2.05, 4.69) is 54.0 Å². The van der Waals surface area contributed by atoms with Gasteiger partial charge in [0, 0.05) is 31.2 Å². The monoisotopic (exact) mass is 241 g/mol. The van der Waals surface area contributed by atoms with Crippen molar-refractivity contribution in [3.8, 4) is 0 Å². The second kappa shape index (κ2) is 5.74. The smallest absolute Gasteiger partial charge is 0.0544 e. The van der Waals surface area contributed by atoms with Gasteiger partial charge in [-0.2, -0.15) is 0 Å². The summed E-state index contributed by atoms with van der Waals surface area (Å²) >= 11 is 0. The molecule has 0 fully saturated rings. The first-order valence-electron chi connectivity index (χ1n) is 6.18. The summed E-state index contributed by atoms with van der Waals surface area (Å²) in [5.74, 6) is 0. The standard InChI is InChI=1S/C15H19N3/c1-12-6-7-15(17-9-12)11-18(3)13(2)14-5-4-8-16-10-14/h4-10,13H,11H2,1-3H3. The maximum atomic E-state index is 4.44. The summed E-state index contributed by atoms with van der Waals surface area (Å²) in [6.45, 7) is 5.08. The van der Waals surface area contributed by atoms with E-state index < -0.39 is 0 Å². The molecule has 3 heteroatoms. The second-order valence-electron chi connectivity index (χ2n) is 4.70. The normalized spacial score (nSPS) is 12.7. The number of nitrogens with zero attached hydrogens (tertiary/aromatic N) is 3. The molecule has 0 N–H and O–H groups in total. The molecule has 3 nitrogen and oxygen atoms in total. The lowest BCUT2D eigenvalue weighted by Gasteiger charge is -2.24. The molecule has 0 amide bonds. The molecule has 0 aliphatic rings. The molecule has 0 aliphatic heterocycles. The molecule has 0 spiro atoms. The Labute approximate surface area is 109 Å². The van der Waals surface area contributed by atoms with Crippen LogP contribution in [0.15, 0.2) is 42.9 Å². The van der Waals surface area contributed by atoms with Gasteiger partial charge in [-0.1, -0.05) is 12.1 Å². The molecule has 2 aromatic rings. The van der Waals surface area contributed by atoms with Crippen LogP contribution in [-0.4, -0.2) is 21.9 Å². The van der Waals surface area contributed by atoms with E-state index in [0.29, 0.717) is 6.04 Å². The summed E-state index contributed by atoms with van der Waals surface area (Å²) in [5, 5.41) is 0. The molecule has 2 rings (SSSR count). The first-order valence-corrected chi connectivity index (χ1v) is 6.18. The second-order valence-corrected chi connectivity index (χ2v) is 4.70. The van der Waals surface area contributed by atoms with Crippen LogP contribution in [0.4, 0.5) is 0 Å². The van der Waals surface area contributed by atoms with Crippen molar-refractivity contribution in [1.29, 1.82) is 0 Å². The van der Waals surface area contributed by atoms with E-state index in [0.717, 1.165) is 12.2 Å². The van der Waals surface area contributed by atoms with Crippen molar-refractivity contribution in [2.24, 2.45) is 0 Å². The molecule has 0 aromatic carbocycles. The van der Waals surface area contributed by atoms with Gasteiger partial charge in [-0.15, -0.1) is 0 Å². The molecule has 2 heterocycles. The molecule has 0 saturated heterocycles. The van der Waals surface area contributed by atoms with Gasteiger partial charge in [0.15, 0.2) is 0 Å². The van der Waals surface area contributed by atoms with Crippen molar-refractivity contribution in [2.45, 2.75) is 26.4 Å². The van der Waals surface area contributed by atoms with Crippen LogP contribution in [0.25, 0.3) is 0 Å². The highest BCUT2D eigenvalue weighted by atomic mass is 15.1. The minimum Gasteiger partial charge on any atom is -0.294 e. The van der Waals surface area contributed by atoms with Crippen molar-refractivity contribution < 1.29 is 0 Å². The van der Waals surface area contributed by atoms with Gasteiger partial charge in [0.05, 0.1) is 5.69 Å². The summed E-state index contributed by atoms with van der Waals surface area (Å²) in [7, 11) is 2.11. The zero-order chi connectivity index (χ0) is 13.0. The number of aromatic nitrogens is 2. The van der Waals surface area contributed by atoms with Crippen LogP contribution in [0.5, 0.6) is 0 Å². The third-order valence-corrected chi connectivity index (χ3v) is 3.21. The van der Waals surface area contributed by atoms with Crippen LogP contribution in [0.2, 0.25) is 0 Å². The van der Waals surface area contributed by atoms with Crippen molar-refractivity contribution in [2.75, 3.05) is 7.05 Å². The van der Waals surface area contributed by atoms with Crippen LogP contribution in [0.3, 0.4) is 0 Å². The summed E-state index contributed by atoms with van der Waals surface area (Å²) in [6.07, 6.45) is 5.64. The van der Waals surface area contributed by atoms with Crippen LogP contribution >= 0.6 is 0 Å². The average molecular weight is 241 g/mol. The predicted octanol–water partition coefficient (Wildman–Crippen LogP) is 2.98. The van der Waals surface area contributed by atoms with E-state index in [1.54, 1.807) is 6.20 Å². The van der Waals surface area contributed by atoms with Crippen molar-refractivity contribution >= 4 is 0 Å². The Balaban J connectivity index is 2.03. The predicted molar refractivity (Wildman–Crippen MR) is 73.1 cm³/mol. The molecule has 1 atom stereocenters. The van der Waals surface area contributed by atoms with Crippen molar-refractivity contribution in [1.82, 2.24) is 14.9 Å². The van der Waals surface area contributed by atoms with Crippen LogP contribution in [0.1, 0.15) is 29.8 Å². The lowest BCUT2D eigenvalue weighted by Crippen LogP contribution is -2.22. The van der Waals surface area contributed by atoms with Crippen LogP contribution < -0.4 is 0 Å². The fraction of sp³-hybridized carbons (Fsp3) is 0.333. The Morgan fingerprint density at radius 1 is 1.22 bits per heavy atom. The maximum Gasteiger partial charge on any atom is 0.0544 e. The van der Waals surface area contributed by atoms with Crippen LogP contribution in [0, 0.1) is 6.92 Å². The highest BCUT2D eigenvalue weighted by molar-refractivity contribution is 5.15. The first-order chi connectivity index (χ1) is 8.66. The molecular formula is C15H19N3. The summed E-state index contributed by atoms with van der Waals surface area (Å²) < 4.78 is 0. The van der Waals surface area contributed by atoms with E-state index in [1.165, 1.54) is 11.1 Å². The summed E-state index contributed by atoms with van der Waals surface area (Å²) in [5.41, 5.74) is 3.52. The topological polar surface area (TPSA) is 29.0 Å². The lowest BCUT2D eigenvalue weighted by atomic mass is 10.1. The minimum absolute atomic E-state index is 0.335. The molecule has 0 radical (unpaired) electrons. The molecule has 2 aromatic heterocycles. The quantitative estimate of drug-likeness (QED) is 0.824. The zero-order valence-corrected chi connectivity index (χ0v) is 11.2. The van der Waals surface area contributed by atoms with E-state index in [-0.39, 0.29) is 0 Å². The molecule has 0 saturated carbocycles. The Bertz CT molecular complexity index is 479. The lowest BCUT2D eigenvalue weighted by molar-refractivity contribution is 0.250. The van der Waals surface area contributed by atoms with E-state index >= 15 is 0 Å². The number of rotatable bonds is 4. The Kier molecular flexibility index (Phi) is 4.05.